The van der Waals surface area contributed by atoms with E-state index in [2.05, 4.69) is 31.3 Å². The molecule has 0 aromatic heterocycles. The molecule has 0 radical (unpaired) electrons. The monoisotopic (exact) mass is 1020 g/mol. The number of amides is 1. The molecule has 0 aliphatic carbocycles. The largest absolute Gasteiger partial charge is 0.394 e. The first-order valence-electron chi connectivity index (χ1n) is 31.2. The summed E-state index contributed by atoms with van der Waals surface area (Å²) in [7, 11) is 0. The van der Waals surface area contributed by atoms with Gasteiger partial charge in [-0.25, -0.2) is 0 Å². The van der Waals surface area contributed by atoms with Crippen LogP contribution in [0.2, 0.25) is 0 Å². The number of aliphatic hydroxyl groups is 6. The van der Waals surface area contributed by atoms with Crippen molar-refractivity contribution in [2.24, 2.45) is 0 Å². The maximum absolute atomic E-state index is 13.1. The fourth-order valence-corrected chi connectivity index (χ4v) is 10.1. The van der Waals surface area contributed by atoms with Crippen LogP contribution in [0.5, 0.6) is 0 Å². The van der Waals surface area contributed by atoms with Gasteiger partial charge in [-0.1, -0.05) is 295 Å². The Hall–Kier alpha value is -1.37. The SMILES string of the molecule is CCCCCCC/C=C/CC/C=C/C(O)C(COC1OC(CO)C(O)C(O)C1O)NC(=O)C(O)CCCCCCCCCCCCCCCCCCCCCCCCCCCCCCCCCCCCCC. The topological polar surface area (TPSA) is 169 Å². The van der Waals surface area contributed by atoms with Crippen molar-refractivity contribution in [3.8, 4) is 0 Å². The Morgan fingerprint density at radius 2 is 0.819 bits per heavy atom. The highest BCUT2D eigenvalue weighted by atomic mass is 16.7. The molecule has 10 nitrogen and oxygen atoms in total. The van der Waals surface area contributed by atoms with Crippen LogP contribution in [0, 0.1) is 0 Å². The lowest BCUT2D eigenvalue weighted by atomic mass is 9.99. The Balaban J connectivity index is 2.06. The van der Waals surface area contributed by atoms with E-state index in [1.54, 1.807) is 6.08 Å². The lowest BCUT2D eigenvalue weighted by Gasteiger charge is -2.40. The molecule has 0 saturated carbocycles. The van der Waals surface area contributed by atoms with Crippen molar-refractivity contribution >= 4 is 5.91 Å². The smallest absolute Gasteiger partial charge is 0.249 e. The fourth-order valence-electron chi connectivity index (χ4n) is 10.1. The van der Waals surface area contributed by atoms with Crippen LogP contribution in [-0.2, 0) is 14.3 Å². The van der Waals surface area contributed by atoms with E-state index in [4.69, 9.17) is 9.47 Å². The number of unbranched alkanes of at least 4 members (excludes halogenated alkanes) is 41. The van der Waals surface area contributed by atoms with Crippen LogP contribution in [0.4, 0.5) is 0 Å². The summed E-state index contributed by atoms with van der Waals surface area (Å²) in [6.45, 7) is 3.59. The molecule has 8 unspecified atom stereocenters. The van der Waals surface area contributed by atoms with E-state index < -0.39 is 61.5 Å². The van der Waals surface area contributed by atoms with Gasteiger partial charge in [0.25, 0.3) is 0 Å². The molecule has 1 heterocycles. The van der Waals surface area contributed by atoms with Crippen molar-refractivity contribution < 1.29 is 44.9 Å². The minimum atomic E-state index is -1.61. The third-order valence-corrected chi connectivity index (χ3v) is 15.1. The number of aliphatic hydroxyl groups excluding tert-OH is 6. The number of hydrogen-bond donors (Lipinski definition) is 7. The van der Waals surface area contributed by atoms with E-state index in [0.717, 1.165) is 38.5 Å². The van der Waals surface area contributed by atoms with Crippen molar-refractivity contribution in [3.63, 3.8) is 0 Å². The van der Waals surface area contributed by atoms with Crippen LogP contribution < -0.4 is 5.32 Å². The summed E-state index contributed by atoms with van der Waals surface area (Å²) in [6, 6.07) is -0.993. The Labute approximate surface area is 443 Å². The molecule has 1 aliphatic heterocycles. The van der Waals surface area contributed by atoms with Gasteiger partial charge < -0.3 is 45.4 Å². The predicted molar refractivity (Wildman–Crippen MR) is 301 cm³/mol. The third kappa shape index (κ3) is 40.0. The molecule has 7 N–H and O–H groups in total. The maximum atomic E-state index is 13.1. The molecule has 8 atom stereocenters. The minimum absolute atomic E-state index is 0.308. The number of carbonyl (C=O) groups is 1. The van der Waals surface area contributed by atoms with Crippen LogP contribution in [0.15, 0.2) is 24.3 Å². The zero-order valence-electron chi connectivity index (χ0n) is 47.1. The molecular weight excluding hydrogens is 903 g/mol. The number of allylic oxidation sites excluding steroid dienone is 3. The summed E-state index contributed by atoms with van der Waals surface area (Å²) >= 11 is 0. The zero-order valence-corrected chi connectivity index (χ0v) is 47.1. The second-order valence-corrected chi connectivity index (χ2v) is 22.0. The molecule has 0 bridgehead atoms. The first-order chi connectivity index (χ1) is 35.3. The summed E-state index contributed by atoms with van der Waals surface area (Å²) in [4.78, 5) is 13.1. The van der Waals surface area contributed by atoms with E-state index >= 15 is 0 Å². The molecule has 0 aromatic rings. The molecule has 0 aromatic carbocycles. The lowest BCUT2D eigenvalue weighted by molar-refractivity contribution is -0.302. The highest BCUT2D eigenvalue weighted by Crippen LogP contribution is 2.23. The van der Waals surface area contributed by atoms with Crippen molar-refractivity contribution in [1.82, 2.24) is 5.32 Å². The van der Waals surface area contributed by atoms with Crippen molar-refractivity contribution in [1.29, 1.82) is 0 Å². The van der Waals surface area contributed by atoms with Gasteiger partial charge in [0, 0.05) is 0 Å². The van der Waals surface area contributed by atoms with Crippen LogP contribution in [0.1, 0.15) is 303 Å². The molecule has 0 spiro atoms. The van der Waals surface area contributed by atoms with Crippen molar-refractivity contribution in [2.45, 2.75) is 352 Å². The Bertz CT molecular complexity index is 1200. The van der Waals surface area contributed by atoms with E-state index in [9.17, 15) is 35.4 Å². The maximum Gasteiger partial charge on any atom is 0.249 e. The van der Waals surface area contributed by atoms with Gasteiger partial charge in [0.1, 0.15) is 30.5 Å². The second-order valence-electron chi connectivity index (χ2n) is 22.0. The average Bonchev–Trinajstić information content (AvgIpc) is 3.38. The number of rotatable bonds is 54. The summed E-state index contributed by atoms with van der Waals surface area (Å²) in [5.74, 6) is -0.622. The normalized spacial score (nSPS) is 19.7. The van der Waals surface area contributed by atoms with Gasteiger partial charge in [0.05, 0.1) is 25.4 Å². The summed E-state index contributed by atoms with van der Waals surface area (Å²) in [5, 5.41) is 64.8. The summed E-state index contributed by atoms with van der Waals surface area (Å²) in [5.41, 5.74) is 0. The third-order valence-electron chi connectivity index (χ3n) is 15.1. The fraction of sp³-hybridized carbons (Fsp3) is 0.919. The number of ether oxygens (including phenoxy) is 2. The quantitative estimate of drug-likeness (QED) is 0.0232. The van der Waals surface area contributed by atoms with Gasteiger partial charge in [-0.05, 0) is 32.1 Å². The minimum Gasteiger partial charge on any atom is -0.394 e. The molecule has 1 rings (SSSR count). The summed E-state index contributed by atoms with van der Waals surface area (Å²) < 4.78 is 11.1. The molecule has 10 heteroatoms. The van der Waals surface area contributed by atoms with Crippen LogP contribution in [0.3, 0.4) is 0 Å². The van der Waals surface area contributed by atoms with E-state index in [1.807, 2.05) is 6.08 Å². The van der Waals surface area contributed by atoms with Gasteiger partial charge in [-0.3, -0.25) is 4.79 Å². The number of nitrogens with one attached hydrogen (secondary N) is 1. The first-order valence-corrected chi connectivity index (χ1v) is 31.2. The van der Waals surface area contributed by atoms with Crippen LogP contribution in [-0.4, -0.2) is 98.7 Å². The Morgan fingerprint density at radius 3 is 1.21 bits per heavy atom. The summed E-state index contributed by atoms with van der Waals surface area (Å²) in [6.07, 6.45) is 56.3. The van der Waals surface area contributed by atoms with Gasteiger partial charge in [-0.15, -0.1) is 0 Å². The van der Waals surface area contributed by atoms with E-state index in [-0.39, 0.29) is 6.61 Å². The highest BCUT2D eigenvalue weighted by molar-refractivity contribution is 5.80. The van der Waals surface area contributed by atoms with Crippen molar-refractivity contribution in [2.75, 3.05) is 13.2 Å². The van der Waals surface area contributed by atoms with Crippen molar-refractivity contribution in [3.05, 3.63) is 24.3 Å². The molecular formula is C62H119NO9. The molecule has 72 heavy (non-hydrogen) atoms. The standard InChI is InChI=1S/C62H119NO9/c1-3-5-7-9-11-13-15-16-17-18-19-20-21-22-23-24-25-26-27-28-29-30-31-32-33-34-35-36-37-38-39-41-43-45-47-49-51-56(66)61(70)63-54(53-71-62-60(69)59(68)58(67)57(52-64)72-62)55(65)50-48-46-44-42-40-14-12-10-8-6-4-2/h40,42,48,50,54-60,62,64-69H,3-39,41,43-47,49,51-53H2,1-2H3,(H,63,70)/b42-40+,50-48+. The molecule has 1 saturated heterocycles. The number of hydrogen-bond acceptors (Lipinski definition) is 9. The molecule has 426 valence electrons. The first kappa shape index (κ1) is 68.6. The Morgan fingerprint density at radius 1 is 0.472 bits per heavy atom. The van der Waals surface area contributed by atoms with Gasteiger partial charge in [0.2, 0.25) is 5.91 Å². The van der Waals surface area contributed by atoms with E-state index in [0.29, 0.717) is 12.8 Å². The van der Waals surface area contributed by atoms with Crippen LogP contribution in [0.25, 0.3) is 0 Å². The van der Waals surface area contributed by atoms with E-state index in [1.165, 1.54) is 238 Å². The molecule has 1 fully saturated rings. The molecule has 1 aliphatic rings. The molecule has 1 amide bonds. The van der Waals surface area contributed by atoms with Gasteiger partial charge in [0.15, 0.2) is 6.29 Å². The Kier molecular flexibility index (Phi) is 49.3. The van der Waals surface area contributed by atoms with Crippen LogP contribution >= 0.6 is 0 Å². The highest BCUT2D eigenvalue weighted by Gasteiger charge is 2.44. The second kappa shape index (κ2) is 51.7. The van der Waals surface area contributed by atoms with Gasteiger partial charge >= 0.3 is 0 Å². The average molecular weight is 1020 g/mol. The number of carbonyl (C=O) groups excluding carboxylic acids is 1. The zero-order chi connectivity index (χ0) is 52.4. The lowest BCUT2D eigenvalue weighted by Crippen LogP contribution is -2.60. The van der Waals surface area contributed by atoms with Gasteiger partial charge in [-0.2, -0.15) is 0 Å². The predicted octanol–water partition coefficient (Wildman–Crippen LogP) is 14.7.